The summed E-state index contributed by atoms with van der Waals surface area (Å²) in [6.07, 6.45) is 6.39. The van der Waals surface area contributed by atoms with Crippen LogP contribution in [0.25, 0.3) is 0 Å². The van der Waals surface area contributed by atoms with Gasteiger partial charge in [0.1, 0.15) is 23.7 Å². The van der Waals surface area contributed by atoms with E-state index in [-0.39, 0.29) is 31.8 Å². The quantitative estimate of drug-likeness (QED) is 0.383. The van der Waals surface area contributed by atoms with E-state index in [1.54, 1.807) is 60.4 Å². The first kappa shape index (κ1) is 31.0. The Morgan fingerprint density at radius 1 is 1.04 bits per heavy atom. The molecule has 2 fully saturated rings. The lowest BCUT2D eigenvalue weighted by molar-refractivity contribution is -0.159. The number of allylic oxidation sites excluding steroid dienone is 1. The van der Waals surface area contributed by atoms with Gasteiger partial charge in [-0.25, -0.2) is 0 Å². The minimum Gasteiger partial charge on any atom is -0.460 e. The van der Waals surface area contributed by atoms with Gasteiger partial charge in [0.15, 0.2) is 0 Å². The van der Waals surface area contributed by atoms with Crippen molar-refractivity contribution in [1.82, 2.24) is 10.2 Å². The number of carbonyl (C=O) groups excluding carboxylic acids is 4. The van der Waals surface area contributed by atoms with E-state index < -0.39 is 66.1 Å². The fourth-order valence-corrected chi connectivity index (χ4v) is 7.11. The predicted octanol–water partition coefficient (Wildman–Crippen LogP) is 2.83. The number of aliphatic hydroxyl groups excluding tert-OH is 1. The average Bonchev–Trinajstić information content (AvgIpc) is 3.42. The highest BCUT2D eigenvalue weighted by atomic mass is 35.5. The molecule has 4 aliphatic rings. The van der Waals surface area contributed by atoms with Crippen LogP contribution in [-0.4, -0.2) is 83.3 Å². The molecule has 0 aromatic heterocycles. The van der Waals surface area contributed by atoms with Crippen LogP contribution in [0, 0.1) is 11.8 Å². The summed E-state index contributed by atoms with van der Waals surface area (Å²) in [6.45, 7) is 1.59. The Balaban J connectivity index is 1.46. The maximum Gasteiger partial charge on any atom is 0.313 e. The number of cyclic esters (lactones) is 1. The van der Waals surface area contributed by atoms with Gasteiger partial charge >= 0.3 is 5.97 Å². The Morgan fingerprint density at radius 3 is 2.53 bits per heavy atom. The van der Waals surface area contributed by atoms with Crippen LogP contribution in [-0.2, 0) is 35.1 Å². The van der Waals surface area contributed by atoms with Gasteiger partial charge in [-0.3, -0.25) is 19.2 Å². The number of benzene rings is 2. The number of hydrogen-bond donors (Lipinski definition) is 2. The van der Waals surface area contributed by atoms with Crippen molar-refractivity contribution < 1.29 is 33.8 Å². The first-order chi connectivity index (χ1) is 21.7. The molecule has 0 saturated carbocycles. The Morgan fingerprint density at radius 2 is 1.80 bits per heavy atom. The minimum absolute atomic E-state index is 0.128. The number of esters is 1. The first-order valence-electron chi connectivity index (χ1n) is 15.3. The highest BCUT2D eigenvalue weighted by molar-refractivity contribution is 6.30. The van der Waals surface area contributed by atoms with Gasteiger partial charge in [0, 0.05) is 23.7 Å². The topological polar surface area (TPSA) is 125 Å². The average molecular weight is 634 g/mol. The van der Waals surface area contributed by atoms with Crippen molar-refractivity contribution in [1.29, 1.82) is 0 Å². The Bertz CT molecular complexity index is 1510. The molecule has 0 radical (unpaired) electrons. The predicted molar refractivity (Wildman–Crippen MR) is 166 cm³/mol. The number of likely N-dealkylation sites (tertiary alicyclic amines) is 1. The van der Waals surface area contributed by atoms with Crippen LogP contribution in [0.2, 0.25) is 5.02 Å². The van der Waals surface area contributed by atoms with Crippen molar-refractivity contribution in [3.63, 3.8) is 0 Å². The highest BCUT2D eigenvalue weighted by Gasteiger charge is 2.72. The number of fused-ring (bicyclic) bond motifs is 2. The standard InChI is InChI=1S/C34H36ClN3O7/c1-21-19-36-27(40)11-6-5-10-26-28(33(43)44-21)29-31(41)38(25(20-39)18-22-8-3-2-4-9-22)30-32(42)37(17-7-16-34(29,30)45-26)24-14-12-23(35)13-15-24/h2-5,7-10,12-16,21,25-26,28-30,39H,6,11,17-20H2,1H3,(H,36,40)/b10-5-/t21-,25+,26-,28+,29+,30-,34+/m0/s1. The molecule has 4 heterocycles. The number of rotatable bonds is 5. The largest absolute Gasteiger partial charge is 0.460 e. The second-order valence-electron chi connectivity index (χ2n) is 12.0. The number of hydrogen-bond acceptors (Lipinski definition) is 7. The highest BCUT2D eigenvalue weighted by Crippen LogP contribution is 2.54. The normalized spacial score (nSPS) is 31.5. The molecule has 45 heavy (non-hydrogen) atoms. The second kappa shape index (κ2) is 12.8. The Labute approximate surface area is 266 Å². The van der Waals surface area contributed by atoms with Gasteiger partial charge in [-0.15, -0.1) is 0 Å². The van der Waals surface area contributed by atoms with Crippen molar-refractivity contribution in [2.45, 2.75) is 56.1 Å². The fraction of sp³-hybridized carbons (Fsp3) is 0.412. The van der Waals surface area contributed by atoms with Crippen LogP contribution < -0.4 is 10.2 Å². The summed E-state index contributed by atoms with van der Waals surface area (Å²) < 4.78 is 12.5. The van der Waals surface area contributed by atoms with Gasteiger partial charge in [0.2, 0.25) is 11.8 Å². The molecule has 0 unspecified atom stereocenters. The first-order valence-corrected chi connectivity index (χ1v) is 15.6. The molecule has 2 N–H and O–H groups in total. The molecule has 2 aromatic carbocycles. The van der Waals surface area contributed by atoms with Gasteiger partial charge < -0.3 is 29.7 Å². The van der Waals surface area contributed by atoms with E-state index in [0.29, 0.717) is 17.1 Å². The molecule has 236 valence electrons. The van der Waals surface area contributed by atoms with Crippen molar-refractivity contribution >= 4 is 41.0 Å². The molecule has 3 amide bonds. The SMILES string of the molecule is C[C@H]1CNC(=O)CC/C=C\[C@@H]2O[C@@]34C=CCN(c5ccc(Cl)cc5)C(=O)[C@@H]3N([C@@H](CO)Cc3ccccc3)C(=O)[C@H]4[C@@H]2C(=O)O1. The summed E-state index contributed by atoms with van der Waals surface area (Å²) in [5.41, 5.74) is -0.0553. The molecular weight excluding hydrogens is 598 g/mol. The van der Waals surface area contributed by atoms with Crippen molar-refractivity contribution in [2.24, 2.45) is 11.8 Å². The molecular formula is C34H36ClN3O7. The van der Waals surface area contributed by atoms with Gasteiger partial charge in [0.25, 0.3) is 5.91 Å². The van der Waals surface area contributed by atoms with E-state index in [2.05, 4.69) is 5.32 Å². The van der Waals surface area contributed by atoms with Crippen LogP contribution >= 0.6 is 11.6 Å². The summed E-state index contributed by atoms with van der Waals surface area (Å²) in [5, 5.41) is 14.0. The second-order valence-corrected chi connectivity index (χ2v) is 12.4. The monoisotopic (exact) mass is 633 g/mol. The minimum atomic E-state index is -1.52. The number of ether oxygens (including phenoxy) is 2. The molecule has 2 saturated heterocycles. The molecule has 11 heteroatoms. The molecule has 6 rings (SSSR count). The van der Waals surface area contributed by atoms with E-state index in [1.165, 1.54) is 4.90 Å². The summed E-state index contributed by atoms with van der Waals surface area (Å²) >= 11 is 6.14. The molecule has 0 bridgehead atoms. The van der Waals surface area contributed by atoms with E-state index in [9.17, 15) is 24.3 Å². The van der Waals surface area contributed by atoms with E-state index in [0.717, 1.165) is 5.56 Å². The van der Waals surface area contributed by atoms with E-state index in [4.69, 9.17) is 21.1 Å². The van der Waals surface area contributed by atoms with Crippen LogP contribution in [0.1, 0.15) is 25.3 Å². The Hall–Kier alpha value is -3.99. The number of nitrogens with zero attached hydrogens (tertiary/aromatic N) is 2. The summed E-state index contributed by atoms with van der Waals surface area (Å²) in [5.74, 6) is -3.83. The molecule has 4 aliphatic heterocycles. The van der Waals surface area contributed by atoms with Crippen LogP contribution in [0.3, 0.4) is 0 Å². The van der Waals surface area contributed by atoms with Gasteiger partial charge in [-0.1, -0.05) is 66.2 Å². The van der Waals surface area contributed by atoms with Gasteiger partial charge in [-0.05, 0) is 49.6 Å². The van der Waals surface area contributed by atoms with Gasteiger partial charge in [0.05, 0.1) is 31.2 Å². The van der Waals surface area contributed by atoms with E-state index in [1.807, 2.05) is 30.3 Å². The van der Waals surface area contributed by atoms with Crippen LogP contribution in [0.15, 0.2) is 78.9 Å². The van der Waals surface area contributed by atoms with Gasteiger partial charge in [-0.2, -0.15) is 0 Å². The number of aliphatic hydroxyl groups is 1. The van der Waals surface area contributed by atoms with Crippen LogP contribution in [0.4, 0.5) is 5.69 Å². The van der Waals surface area contributed by atoms with Crippen molar-refractivity contribution in [3.05, 3.63) is 89.5 Å². The van der Waals surface area contributed by atoms with Crippen LogP contribution in [0.5, 0.6) is 0 Å². The zero-order valence-corrected chi connectivity index (χ0v) is 25.6. The maximum absolute atomic E-state index is 14.7. The zero-order chi connectivity index (χ0) is 31.7. The molecule has 10 nitrogen and oxygen atoms in total. The maximum atomic E-state index is 14.7. The Kier molecular flexibility index (Phi) is 8.81. The molecule has 7 atom stereocenters. The molecule has 1 spiro atoms. The van der Waals surface area contributed by atoms with Crippen molar-refractivity contribution in [3.8, 4) is 0 Å². The summed E-state index contributed by atoms with van der Waals surface area (Å²) in [6, 6.07) is 14.3. The third kappa shape index (κ3) is 5.78. The number of carbonyl (C=O) groups is 4. The number of anilines is 1. The number of nitrogens with one attached hydrogen (secondary N) is 1. The third-order valence-electron chi connectivity index (χ3n) is 9.03. The number of amides is 3. The zero-order valence-electron chi connectivity index (χ0n) is 24.9. The smallest absolute Gasteiger partial charge is 0.313 e. The lowest BCUT2D eigenvalue weighted by atomic mass is 9.78. The fourth-order valence-electron chi connectivity index (χ4n) is 6.98. The third-order valence-corrected chi connectivity index (χ3v) is 9.28. The molecule has 2 aromatic rings. The van der Waals surface area contributed by atoms with Crippen molar-refractivity contribution in [2.75, 3.05) is 24.6 Å². The number of halogens is 1. The molecule has 0 aliphatic carbocycles. The lowest BCUT2D eigenvalue weighted by Crippen LogP contribution is -2.58. The summed E-state index contributed by atoms with van der Waals surface area (Å²) in [4.78, 5) is 58.5. The summed E-state index contributed by atoms with van der Waals surface area (Å²) in [7, 11) is 0. The van der Waals surface area contributed by atoms with E-state index >= 15 is 0 Å². The lowest BCUT2D eigenvalue weighted by Gasteiger charge is -2.38.